The van der Waals surface area contributed by atoms with Crippen LogP contribution in [0.4, 0.5) is 13.2 Å². The quantitative estimate of drug-likeness (QED) is 0.788. The number of carbonyl (C=O) groups excluding carboxylic acids is 1. The van der Waals surface area contributed by atoms with Crippen LogP contribution in [0.5, 0.6) is 5.75 Å². The molecule has 0 saturated heterocycles. The van der Waals surface area contributed by atoms with Gasteiger partial charge in [0.15, 0.2) is 12.9 Å². The van der Waals surface area contributed by atoms with E-state index in [1.165, 1.54) is 12.1 Å². The highest BCUT2D eigenvalue weighted by molar-refractivity contribution is 5.72. The molecule has 0 amide bonds. The fraction of sp³-hybridized carbons (Fsp3) is 0.214. The van der Waals surface area contributed by atoms with E-state index in [2.05, 4.69) is 4.74 Å². The standard InChI is InChI=1S/C14H12F3NO2/c15-14(16,17)10-20-13-5-3-11(4-6-13)8-18-7-1-2-12(18)9-19/h1-7,9H,8,10H2. The first-order valence-electron chi connectivity index (χ1n) is 5.87. The Balaban J connectivity index is 2.00. The van der Waals surface area contributed by atoms with Crippen LogP contribution >= 0.6 is 0 Å². The van der Waals surface area contributed by atoms with Crippen molar-refractivity contribution in [2.75, 3.05) is 6.61 Å². The topological polar surface area (TPSA) is 31.2 Å². The molecule has 0 bridgehead atoms. The predicted octanol–water partition coefficient (Wildman–Crippen LogP) is 3.29. The molecule has 1 heterocycles. The van der Waals surface area contributed by atoms with Gasteiger partial charge in [-0.25, -0.2) is 0 Å². The Morgan fingerprint density at radius 1 is 1.15 bits per heavy atom. The minimum absolute atomic E-state index is 0.161. The van der Waals surface area contributed by atoms with Crippen molar-refractivity contribution in [1.82, 2.24) is 4.57 Å². The van der Waals surface area contributed by atoms with Gasteiger partial charge in [-0.1, -0.05) is 12.1 Å². The summed E-state index contributed by atoms with van der Waals surface area (Å²) >= 11 is 0. The van der Waals surface area contributed by atoms with Crippen molar-refractivity contribution < 1.29 is 22.7 Å². The maximum absolute atomic E-state index is 12.0. The Hall–Kier alpha value is -2.24. The number of hydrogen-bond acceptors (Lipinski definition) is 2. The fourth-order valence-corrected chi connectivity index (χ4v) is 1.73. The Kier molecular flexibility index (Phi) is 4.12. The smallest absolute Gasteiger partial charge is 0.422 e. The number of benzene rings is 1. The first-order valence-corrected chi connectivity index (χ1v) is 5.87. The minimum atomic E-state index is -4.34. The molecule has 1 aromatic heterocycles. The Morgan fingerprint density at radius 2 is 1.85 bits per heavy atom. The minimum Gasteiger partial charge on any atom is -0.484 e. The van der Waals surface area contributed by atoms with E-state index < -0.39 is 12.8 Å². The van der Waals surface area contributed by atoms with E-state index in [-0.39, 0.29) is 5.75 Å². The van der Waals surface area contributed by atoms with E-state index in [1.807, 2.05) is 0 Å². The second kappa shape index (κ2) is 5.81. The molecular weight excluding hydrogens is 271 g/mol. The van der Waals surface area contributed by atoms with Gasteiger partial charge in [0.05, 0.1) is 5.69 Å². The average molecular weight is 283 g/mol. The number of ether oxygens (including phenoxy) is 1. The summed E-state index contributed by atoms with van der Waals surface area (Å²) in [5, 5.41) is 0. The third-order valence-corrected chi connectivity index (χ3v) is 2.66. The van der Waals surface area contributed by atoms with Gasteiger partial charge in [0.25, 0.3) is 0 Å². The number of nitrogens with zero attached hydrogens (tertiary/aromatic N) is 1. The summed E-state index contributed by atoms with van der Waals surface area (Å²) < 4.78 is 42.3. The van der Waals surface area contributed by atoms with Crippen molar-refractivity contribution in [3.05, 3.63) is 53.9 Å². The SMILES string of the molecule is O=Cc1cccn1Cc1ccc(OCC(F)(F)F)cc1. The highest BCUT2D eigenvalue weighted by Gasteiger charge is 2.28. The van der Waals surface area contributed by atoms with E-state index in [0.29, 0.717) is 12.2 Å². The fourth-order valence-electron chi connectivity index (χ4n) is 1.73. The molecule has 2 aromatic rings. The van der Waals surface area contributed by atoms with Gasteiger partial charge in [-0.15, -0.1) is 0 Å². The molecule has 0 spiro atoms. The lowest BCUT2D eigenvalue weighted by Crippen LogP contribution is -2.19. The molecule has 0 N–H and O–H groups in total. The van der Waals surface area contributed by atoms with Crippen LogP contribution in [0.25, 0.3) is 0 Å². The van der Waals surface area contributed by atoms with Crippen molar-refractivity contribution in [3.63, 3.8) is 0 Å². The summed E-state index contributed by atoms with van der Waals surface area (Å²) in [6, 6.07) is 9.73. The average Bonchev–Trinajstić information content (AvgIpc) is 2.84. The van der Waals surface area contributed by atoms with Gasteiger partial charge in [-0.05, 0) is 29.8 Å². The number of rotatable bonds is 5. The number of aromatic nitrogens is 1. The third kappa shape index (κ3) is 3.88. The second-order valence-corrected chi connectivity index (χ2v) is 4.23. The number of halogens is 3. The Labute approximate surface area is 113 Å². The van der Waals surface area contributed by atoms with Crippen LogP contribution in [0, 0.1) is 0 Å². The zero-order valence-electron chi connectivity index (χ0n) is 10.4. The van der Waals surface area contributed by atoms with Gasteiger partial charge in [0.1, 0.15) is 5.75 Å². The van der Waals surface area contributed by atoms with E-state index in [1.54, 1.807) is 35.0 Å². The molecule has 20 heavy (non-hydrogen) atoms. The first-order chi connectivity index (χ1) is 9.48. The van der Waals surface area contributed by atoms with Crippen molar-refractivity contribution >= 4 is 6.29 Å². The number of aldehydes is 1. The lowest BCUT2D eigenvalue weighted by atomic mass is 10.2. The van der Waals surface area contributed by atoms with Gasteiger partial charge in [0.2, 0.25) is 0 Å². The molecule has 0 saturated carbocycles. The van der Waals surface area contributed by atoms with Crippen LogP contribution in [0.15, 0.2) is 42.6 Å². The van der Waals surface area contributed by atoms with Crippen LogP contribution in [-0.2, 0) is 6.54 Å². The van der Waals surface area contributed by atoms with Gasteiger partial charge in [0, 0.05) is 12.7 Å². The maximum atomic E-state index is 12.0. The summed E-state index contributed by atoms with van der Waals surface area (Å²) in [6.07, 6.45) is -1.83. The summed E-state index contributed by atoms with van der Waals surface area (Å²) in [4.78, 5) is 10.8. The highest BCUT2D eigenvalue weighted by Crippen LogP contribution is 2.19. The Bertz CT molecular complexity index is 573. The van der Waals surface area contributed by atoms with Crippen LogP contribution in [0.2, 0.25) is 0 Å². The number of hydrogen-bond donors (Lipinski definition) is 0. The van der Waals surface area contributed by atoms with Gasteiger partial charge >= 0.3 is 6.18 Å². The molecule has 0 aliphatic carbocycles. The molecule has 0 radical (unpaired) electrons. The monoisotopic (exact) mass is 283 g/mol. The highest BCUT2D eigenvalue weighted by atomic mass is 19.4. The summed E-state index contributed by atoms with van der Waals surface area (Å²) in [7, 11) is 0. The number of alkyl halides is 3. The lowest BCUT2D eigenvalue weighted by Gasteiger charge is -2.10. The van der Waals surface area contributed by atoms with Crippen molar-refractivity contribution in [2.45, 2.75) is 12.7 Å². The summed E-state index contributed by atoms with van der Waals surface area (Å²) in [5.74, 6) is 0.161. The lowest BCUT2D eigenvalue weighted by molar-refractivity contribution is -0.153. The van der Waals surface area contributed by atoms with E-state index >= 15 is 0 Å². The van der Waals surface area contributed by atoms with Crippen LogP contribution in [0.1, 0.15) is 16.1 Å². The Morgan fingerprint density at radius 3 is 2.45 bits per heavy atom. The van der Waals surface area contributed by atoms with Crippen LogP contribution < -0.4 is 4.74 Å². The maximum Gasteiger partial charge on any atom is 0.422 e. The first kappa shape index (κ1) is 14.2. The number of carbonyl (C=O) groups is 1. The van der Waals surface area contributed by atoms with Gasteiger partial charge in [-0.2, -0.15) is 13.2 Å². The molecule has 1 aromatic carbocycles. The van der Waals surface area contributed by atoms with Crippen molar-refractivity contribution in [2.24, 2.45) is 0 Å². The molecule has 0 fully saturated rings. The molecule has 0 atom stereocenters. The van der Waals surface area contributed by atoms with E-state index in [4.69, 9.17) is 0 Å². The molecular formula is C14H12F3NO2. The molecule has 0 aliphatic rings. The predicted molar refractivity (Wildman–Crippen MR) is 66.9 cm³/mol. The molecule has 6 heteroatoms. The second-order valence-electron chi connectivity index (χ2n) is 4.23. The van der Waals surface area contributed by atoms with Crippen LogP contribution in [-0.4, -0.2) is 23.6 Å². The summed E-state index contributed by atoms with van der Waals surface area (Å²) in [5.41, 5.74) is 1.41. The van der Waals surface area contributed by atoms with Crippen molar-refractivity contribution in [1.29, 1.82) is 0 Å². The van der Waals surface area contributed by atoms with Crippen molar-refractivity contribution in [3.8, 4) is 5.75 Å². The normalized spacial score (nSPS) is 11.3. The van der Waals surface area contributed by atoms with E-state index in [0.717, 1.165) is 11.8 Å². The van der Waals surface area contributed by atoms with Gasteiger partial charge < -0.3 is 9.30 Å². The van der Waals surface area contributed by atoms with Crippen LogP contribution in [0.3, 0.4) is 0 Å². The zero-order chi connectivity index (χ0) is 14.6. The largest absolute Gasteiger partial charge is 0.484 e. The zero-order valence-corrected chi connectivity index (χ0v) is 10.4. The molecule has 2 rings (SSSR count). The molecule has 3 nitrogen and oxygen atoms in total. The molecule has 0 aliphatic heterocycles. The molecule has 106 valence electrons. The van der Waals surface area contributed by atoms with E-state index in [9.17, 15) is 18.0 Å². The van der Waals surface area contributed by atoms with Gasteiger partial charge in [-0.3, -0.25) is 4.79 Å². The third-order valence-electron chi connectivity index (χ3n) is 2.66. The summed E-state index contributed by atoms with van der Waals surface area (Å²) in [6.45, 7) is -0.833. The molecule has 0 unspecified atom stereocenters.